The number of amides is 1. The van der Waals surface area contributed by atoms with Crippen LogP contribution in [-0.4, -0.2) is 26.4 Å². The minimum Gasteiger partial charge on any atom is -0.360 e. The lowest BCUT2D eigenvalue weighted by Gasteiger charge is -2.14. The second kappa shape index (κ2) is 8.73. The molecule has 4 rings (SSSR count). The van der Waals surface area contributed by atoms with Crippen LogP contribution in [0.2, 0.25) is 5.02 Å². The van der Waals surface area contributed by atoms with Gasteiger partial charge in [0, 0.05) is 11.1 Å². The maximum Gasteiger partial charge on any atom is 0.262 e. The predicted molar refractivity (Wildman–Crippen MR) is 117 cm³/mol. The van der Waals surface area contributed by atoms with Gasteiger partial charge in [-0.05, 0) is 30.7 Å². The van der Waals surface area contributed by atoms with Crippen molar-refractivity contribution in [3.63, 3.8) is 0 Å². The van der Waals surface area contributed by atoms with Gasteiger partial charge >= 0.3 is 0 Å². The van der Waals surface area contributed by atoms with Crippen LogP contribution >= 0.6 is 23.4 Å². The van der Waals surface area contributed by atoms with Gasteiger partial charge in [0.15, 0.2) is 11.0 Å². The van der Waals surface area contributed by atoms with Gasteiger partial charge in [0.25, 0.3) is 5.56 Å². The van der Waals surface area contributed by atoms with E-state index in [-0.39, 0.29) is 23.8 Å². The molecule has 0 spiro atoms. The average Bonchev–Trinajstić information content (AvgIpc) is 3.14. The Morgan fingerprint density at radius 2 is 1.97 bits per heavy atom. The van der Waals surface area contributed by atoms with Crippen molar-refractivity contribution in [2.45, 2.75) is 18.6 Å². The standard InChI is InChI=1S/C21H17ClN4O3S/c1-13-10-18(25-29-13)24-19(27)12-30-21-23-17-9-5-3-7-15(17)20(28)26(21)11-14-6-2-4-8-16(14)22/h2-10H,11-12H2,1H3,(H,24,25,27). The summed E-state index contributed by atoms with van der Waals surface area (Å²) < 4.78 is 6.49. The first kappa shape index (κ1) is 20.2. The molecule has 9 heteroatoms. The molecule has 2 heterocycles. The lowest BCUT2D eigenvalue weighted by atomic mass is 10.2. The summed E-state index contributed by atoms with van der Waals surface area (Å²) in [5.41, 5.74) is 1.19. The molecule has 0 saturated heterocycles. The number of carbonyl (C=O) groups excluding carboxylic acids is 1. The number of carbonyl (C=O) groups is 1. The normalized spacial score (nSPS) is 11.0. The van der Waals surface area contributed by atoms with E-state index < -0.39 is 0 Å². The Kier molecular flexibility index (Phi) is 5.87. The number of nitrogens with one attached hydrogen (secondary N) is 1. The lowest BCUT2D eigenvalue weighted by Crippen LogP contribution is -2.25. The van der Waals surface area contributed by atoms with Gasteiger partial charge in [0.05, 0.1) is 23.2 Å². The van der Waals surface area contributed by atoms with Gasteiger partial charge in [-0.1, -0.05) is 58.9 Å². The van der Waals surface area contributed by atoms with E-state index in [1.54, 1.807) is 41.8 Å². The fourth-order valence-electron chi connectivity index (χ4n) is 2.93. The van der Waals surface area contributed by atoms with Crippen LogP contribution in [0.1, 0.15) is 11.3 Å². The number of hydrogen-bond donors (Lipinski definition) is 1. The van der Waals surface area contributed by atoms with E-state index in [1.165, 1.54) is 11.8 Å². The molecule has 0 unspecified atom stereocenters. The van der Waals surface area contributed by atoms with Crippen molar-refractivity contribution < 1.29 is 9.32 Å². The average molecular weight is 441 g/mol. The molecular weight excluding hydrogens is 424 g/mol. The van der Waals surface area contributed by atoms with Crippen molar-refractivity contribution in [2.24, 2.45) is 0 Å². The van der Waals surface area contributed by atoms with Gasteiger partial charge in [0.2, 0.25) is 5.91 Å². The van der Waals surface area contributed by atoms with E-state index in [1.807, 2.05) is 24.3 Å². The molecule has 0 bridgehead atoms. The minimum absolute atomic E-state index is 0.0548. The fraction of sp³-hybridized carbons (Fsp3) is 0.143. The maximum absolute atomic E-state index is 13.1. The first-order valence-electron chi connectivity index (χ1n) is 9.10. The van der Waals surface area contributed by atoms with Crippen LogP contribution in [0.3, 0.4) is 0 Å². The van der Waals surface area contributed by atoms with Crippen molar-refractivity contribution in [3.05, 3.63) is 81.3 Å². The van der Waals surface area contributed by atoms with E-state index in [9.17, 15) is 9.59 Å². The van der Waals surface area contributed by atoms with Crippen molar-refractivity contribution >= 4 is 46.0 Å². The number of fused-ring (bicyclic) bond motifs is 1. The largest absolute Gasteiger partial charge is 0.360 e. The maximum atomic E-state index is 13.1. The summed E-state index contributed by atoms with van der Waals surface area (Å²) >= 11 is 7.47. The van der Waals surface area contributed by atoms with Crippen LogP contribution < -0.4 is 10.9 Å². The Bertz CT molecular complexity index is 1280. The Morgan fingerprint density at radius 1 is 1.20 bits per heavy atom. The summed E-state index contributed by atoms with van der Waals surface area (Å²) in [6.07, 6.45) is 0. The zero-order chi connectivity index (χ0) is 21.1. The third-order valence-corrected chi connectivity index (χ3v) is 5.69. The summed E-state index contributed by atoms with van der Waals surface area (Å²) in [7, 11) is 0. The van der Waals surface area contributed by atoms with Gasteiger partial charge in [-0.25, -0.2) is 4.98 Å². The van der Waals surface area contributed by atoms with Crippen LogP contribution in [-0.2, 0) is 11.3 Å². The van der Waals surface area contributed by atoms with Crippen molar-refractivity contribution in [3.8, 4) is 0 Å². The van der Waals surface area contributed by atoms with Crippen molar-refractivity contribution in [1.29, 1.82) is 0 Å². The summed E-state index contributed by atoms with van der Waals surface area (Å²) in [6.45, 7) is 1.99. The van der Waals surface area contributed by atoms with Crippen LogP contribution in [0.15, 0.2) is 69.1 Å². The van der Waals surface area contributed by atoms with Gasteiger partial charge in [-0.3, -0.25) is 14.2 Å². The Morgan fingerprint density at radius 3 is 2.73 bits per heavy atom. The molecule has 0 aliphatic rings. The van der Waals surface area contributed by atoms with Crippen LogP contribution in [0.4, 0.5) is 5.82 Å². The topological polar surface area (TPSA) is 90.0 Å². The third-order valence-electron chi connectivity index (χ3n) is 4.34. The van der Waals surface area contributed by atoms with Crippen molar-refractivity contribution in [2.75, 3.05) is 11.1 Å². The molecule has 0 radical (unpaired) electrons. The summed E-state index contributed by atoms with van der Waals surface area (Å²) in [6, 6.07) is 16.1. The first-order chi connectivity index (χ1) is 14.5. The van der Waals surface area contributed by atoms with Crippen LogP contribution in [0.5, 0.6) is 0 Å². The predicted octanol–water partition coefficient (Wildman–Crippen LogP) is 4.13. The number of benzene rings is 2. The molecule has 1 amide bonds. The summed E-state index contributed by atoms with van der Waals surface area (Å²) in [5, 5.41) is 7.92. The molecule has 0 saturated carbocycles. The molecule has 4 aromatic rings. The zero-order valence-corrected chi connectivity index (χ0v) is 17.5. The zero-order valence-electron chi connectivity index (χ0n) is 16.0. The first-order valence-corrected chi connectivity index (χ1v) is 10.5. The number of anilines is 1. The van der Waals surface area contributed by atoms with E-state index in [4.69, 9.17) is 16.1 Å². The molecule has 0 fully saturated rings. The number of para-hydroxylation sites is 1. The number of rotatable bonds is 6. The fourth-order valence-corrected chi connectivity index (χ4v) is 3.92. The molecule has 0 atom stereocenters. The molecule has 1 N–H and O–H groups in total. The smallest absolute Gasteiger partial charge is 0.262 e. The Balaban J connectivity index is 1.64. The molecule has 2 aromatic carbocycles. The Hall–Kier alpha value is -3.10. The second-order valence-corrected chi connectivity index (χ2v) is 7.90. The number of halogens is 1. The third kappa shape index (κ3) is 4.39. The van der Waals surface area contributed by atoms with Gasteiger partial charge < -0.3 is 9.84 Å². The van der Waals surface area contributed by atoms with Crippen molar-refractivity contribution in [1.82, 2.24) is 14.7 Å². The highest BCUT2D eigenvalue weighted by molar-refractivity contribution is 7.99. The van der Waals surface area contributed by atoms with E-state index in [0.717, 1.165) is 5.56 Å². The van der Waals surface area contributed by atoms with E-state index in [0.29, 0.717) is 32.7 Å². The van der Waals surface area contributed by atoms with Gasteiger partial charge in [-0.2, -0.15) is 0 Å². The molecule has 30 heavy (non-hydrogen) atoms. The molecule has 0 aliphatic carbocycles. The number of aromatic nitrogens is 3. The van der Waals surface area contributed by atoms with E-state index >= 15 is 0 Å². The summed E-state index contributed by atoms with van der Waals surface area (Å²) in [4.78, 5) is 30.1. The highest BCUT2D eigenvalue weighted by Crippen LogP contribution is 2.22. The highest BCUT2D eigenvalue weighted by atomic mass is 35.5. The van der Waals surface area contributed by atoms with Crippen LogP contribution in [0, 0.1) is 6.92 Å². The Labute approximate surface area is 181 Å². The number of thioether (sulfide) groups is 1. The van der Waals surface area contributed by atoms with E-state index in [2.05, 4.69) is 15.5 Å². The quantitative estimate of drug-likeness (QED) is 0.358. The second-order valence-electron chi connectivity index (χ2n) is 6.55. The van der Waals surface area contributed by atoms with Gasteiger partial charge in [-0.15, -0.1) is 0 Å². The van der Waals surface area contributed by atoms with Crippen LogP contribution in [0.25, 0.3) is 10.9 Å². The number of aryl methyl sites for hydroxylation is 1. The molecule has 2 aromatic heterocycles. The molecule has 152 valence electrons. The molecule has 0 aliphatic heterocycles. The minimum atomic E-state index is -0.278. The van der Waals surface area contributed by atoms with Gasteiger partial charge in [0.1, 0.15) is 5.76 Å². The monoisotopic (exact) mass is 440 g/mol. The highest BCUT2D eigenvalue weighted by Gasteiger charge is 2.15. The number of hydrogen-bond acceptors (Lipinski definition) is 6. The summed E-state index contributed by atoms with van der Waals surface area (Å²) in [5.74, 6) is 0.722. The lowest BCUT2D eigenvalue weighted by molar-refractivity contribution is -0.113. The number of nitrogens with zero attached hydrogens (tertiary/aromatic N) is 3. The molecular formula is C21H17ClN4O3S. The SMILES string of the molecule is Cc1cc(NC(=O)CSc2nc3ccccc3c(=O)n2Cc2ccccc2Cl)no1. The molecule has 7 nitrogen and oxygen atoms in total.